The molecule has 3 nitrogen and oxygen atoms in total. The molecule has 1 aromatic rings. The summed E-state index contributed by atoms with van der Waals surface area (Å²) in [5.74, 6) is -0.327. The van der Waals surface area contributed by atoms with Gasteiger partial charge in [0.1, 0.15) is 6.10 Å². The Kier molecular flexibility index (Phi) is 4.52. The second-order valence-corrected chi connectivity index (χ2v) is 5.58. The van der Waals surface area contributed by atoms with Crippen molar-refractivity contribution < 1.29 is 9.90 Å². The van der Waals surface area contributed by atoms with Gasteiger partial charge < -0.3 is 10.4 Å². The van der Waals surface area contributed by atoms with E-state index >= 15 is 0 Å². The highest BCUT2D eigenvalue weighted by atomic mass is 16.3. The van der Waals surface area contributed by atoms with E-state index in [0.717, 1.165) is 0 Å². The summed E-state index contributed by atoms with van der Waals surface area (Å²) < 4.78 is 0. The minimum absolute atomic E-state index is 0.150. The van der Waals surface area contributed by atoms with Crippen LogP contribution in [0.15, 0.2) is 18.2 Å². The third kappa shape index (κ3) is 3.57. The van der Waals surface area contributed by atoms with Crippen LogP contribution < -0.4 is 5.32 Å². The Morgan fingerprint density at radius 1 is 1.33 bits per heavy atom. The highest BCUT2D eigenvalue weighted by Gasteiger charge is 2.22. The first kappa shape index (κ1) is 14.7. The highest BCUT2D eigenvalue weighted by molar-refractivity contribution is 5.80. The number of carbonyl (C=O) groups excluding carboxylic acids is 1. The lowest BCUT2D eigenvalue weighted by atomic mass is 9.83. The molecular formula is C15H23NO2. The molecule has 2 N–H and O–H groups in total. The molecule has 1 amide bonds. The minimum atomic E-state index is -0.958. The van der Waals surface area contributed by atoms with Crippen molar-refractivity contribution in [3.8, 4) is 0 Å². The van der Waals surface area contributed by atoms with E-state index < -0.39 is 6.10 Å². The zero-order valence-corrected chi connectivity index (χ0v) is 11.9. The molecule has 0 aliphatic heterocycles. The molecule has 100 valence electrons. The van der Waals surface area contributed by atoms with Gasteiger partial charge in [-0.25, -0.2) is 0 Å². The summed E-state index contributed by atoms with van der Waals surface area (Å²) in [5, 5.41) is 11.9. The number of hydrogen-bond donors (Lipinski definition) is 2. The second kappa shape index (κ2) is 5.53. The number of rotatable bonds is 4. The summed E-state index contributed by atoms with van der Waals surface area (Å²) in [6.45, 7) is 10.3. The number of aliphatic hydroxyl groups is 1. The van der Waals surface area contributed by atoms with Gasteiger partial charge in [-0.3, -0.25) is 4.79 Å². The van der Waals surface area contributed by atoms with E-state index in [2.05, 4.69) is 51.2 Å². The first-order chi connectivity index (χ1) is 8.24. The fourth-order valence-corrected chi connectivity index (χ4v) is 1.72. The SMILES string of the molecule is Cc1ccc(C(C)(C)CNC(=O)C(C)O)cc1C. The van der Waals surface area contributed by atoms with Gasteiger partial charge in [0, 0.05) is 12.0 Å². The first-order valence-electron chi connectivity index (χ1n) is 6.27. The van der Waals surface area contributed by atoms with E-state index in [1.807, 2.05) is 0 Å². The molecule has 1 unspecified atom stereocenters. The molecule has 1 aromatic carbocycles. The topological polar surface area (TPSA) is 49.3 Å². The largest absolute Gasteiger partial charge is 0.384 e. The molecule has 0 saturated heterocycles. The number of hydrogen-bond acceptors (Lipinski definition) is 2. The molecule has 0 fully saturated rings. The number of nitrogens with one attached hydrogen (secondary N) is 1. The van der Waals surface area contributed by atoms with Gasteiger partial charge >= 0.3 is 0 Å². The lowest BCUT2D eigenvalue weighted by Crippen LogP contribution is -2.40. The van der Waals surface area contributed by atoms with Gasteiger partial charge in [0.25, 0.3) is 0 Å². The Hall–Kier alpha value is -1.35. The Morgan fingerprint density at radius 2 is 1.94 bits per heavy atom. The first-order valence-corrected chi connectivity index (χ1v) is 6.27. The molecule has 18 heavy (non-hydrogen) atoms. The third-order valence-corrected chi connectivity index (χ3v) is 3.37. The standard InChI is InChI=1S/C15H23NO2/c1-10-6-7-13(8-11(10)2)15(4,5)9-16-14(18)12(3)17/h6-8,12,17H,9H2,1-5H3,(H,16,18). The van der Waals surface area contributed by atoms with Crippen molar-refractivity contribution >= 4 is 5.91 Å². The van der Waals surface area contributed by atoms with E-state index in [1.54, 1.807) is 0 Å². The summed E-state index contributed by atoms with van der Waals surface area (Å²) >= 11 is 0. The van der Waals surface area contributed by atoms with Gasteiger partial charge in [0.05, 0.1) is 0 Å². The molecule has 0 aromatic heterocycles. The Balaban J connectivity index is 2.79. The summed E-state index contributed by atoms with van der Waals surface area (Å²) in [4.78, 5) is 11.4. The van der Waals surface area contributed by atoms with Crippen LogP contribution in [0.25, 0.3) is 0 Å². The summed E-state index contributed by atoms with van der Waals surface area (Å²) in [5.41, 5.74) is 3.56. The van der Waals surface area contributed by atoms with Gasteiger partial charge in [0.2, 0.25) is 5.91 Å². The Morgan fingerprint density at radius 3 is 2.44 bits per heavy atom. The molecule has 3 heteroatoms. The summed E-state index contributed by atoms with van der Waals surface area (Å²) in [6.07, 6.45) is -0.958. The van der Waals surface area contributed by atoms with Crippen LogP contribution in [-0.2, 0) is 10.2 Å². The van der Waals surface area contributed by atoms with Crippen molar-refractivity contribution in [3.05, 3.63) is 34.9 Å². The van der Waals surface area contributed by atoms with Crippen molar-refractivity contribution in [2.24, 2.45) is 0 Å². The lowest BCUT2D eigenvalue weighted by Gasteiger charge is -2.26. The normalized spacial score (nSPS) is 13.2. The van der Waals surface area contributed by atoms with Crippen LogP contribution in [0, 0.1) is 13.8 Å². The monoisotopic (exact) mass is 249 g/mol. The fourth-order valence-electron chi connectivity index (χ4n) is 1.72. The molecule has 0 heterocycles. The molecule has 1 atom stereocenters. The van der Waals surface area contributed by atoms with Crippen molar-refractivity contribution in [2.75, 3.05) is 6.54 Å². The number of carbonyl (C=O) groups is 1. The van der Waals surface area contributed by atoms with Crippen molar-refractivity contribution in [1.82, 2.24) is 5.32 Å². The number of benzene rings is 1. The predicted octanol–water partition coefficient (Wildman–Crippen LogP) is 2.08. The van der Waals surface area contributed by atoms with Gasteiger partial charge in [-0.1, -0.05) is 32.0 Å². The van der Waals surface area contributed by atoms with Gasteiger partial charge in [0.15, 0.2) is 0 Å². The quantitative estimate of drug-likeness (QED) is 0.858. The van der Waals surface area contributed by atoms with E-state index in [4.69, 9.17) is 5.11 Å². The van der Waals surface area contributed by atoms with E-state index in [9.17, 15) is 4.79 Å². The molecule has 0 radical (unpaired) electrons. The zero-order chi connectivity index (χ0) is 13.9. The molecular weight excluding hydrogens is 226 g/mol. The fraction of sp³-hybridized carbons (Fsp3) is 0.533. The molecule has 0 saturated carbocycles. The third-order valence-electron chi connectivity index (χ3n) is 3.37. The van der Waals surface area contributed by atoms with Crippen LogP contribution in [0.2, 0.25) is 0 Å². The zero-order valence-electron chi connectivity index (χ0n) is 11.9. The van der Waals surface area contributed by atoms with E-state index in [1.165, 1.54) is 23.6 Å². The maximum atomic E-state index is 11.4. The van der Waals surface area contributed by atoms with Crippen LogP contribution in [0.5, 0.6) is 0 Å². The smallest absolute Gasteiger partial charge is 0.248 e. The lowest BCUT2D eigenvalue weighted by molar-refractivity contribution is -0.128. The Bertz CT molecular complexity index is 436. The van der Waals surface area contributed by atoms with Gasteiger partial charge in [-0.15, -0.1) is 0 Å². The van der Waals surface area contributed by atoms with Crippen LogP contribution >= 0.6 is 0 Å². The Labute approximate surface area is 109 Å². The number of aryl methyl sites for hydroxylation is 2. The molecule has 0 aliphatic rings. The minimum Gasteiger partial charge on any atom is -0.384 e. The van der Waals surface area contributed by atoms with Crippen LogP contribution in [0.4, 0.5) is 0 Å². The second-order valence-electron chi connectivity index (χ2n) is 5.58. The summed E-state index contributed by atoms with van der Waals surface area (Å²) in [6, 6.07) is 6.35. The molecule has 0 aliphatic carbocycles. The number of aliphatic hydroxyl groups excluding tert-OH is 1. The van der Waals surface area contributed by atoms with E-state index in [-0.39, 0.29) is 11.3 Å². The van der Waals surface area contributed by atoms with Crippen molar-refractivity contribution in [3.63, 3.8) is 0 Å². The van der Waals surface area contributed by atoms with Crippen LogP contribution in [0.3, 0.4) is 0 Å². The maximum absolute atomic E-state index is 11.4. The highest BCUT2D eigenvalue weighted by Crippen LogP contribution is 2.24. The van der Waals surface area contributed by atoms with Crippen LogP contribution in [-0.4, -0.2) is 23.7 Å². The molecule has 0 bridgehead atoms. The molecule has 0 spiro atoms. The average Bonchev–Trinajstić information content (AvgIpc) is 2.29. The maximum Gasteiger partial charge on any atom is 0.248 e. The summed E-state index contributed by atoms with van der Waals surface area (Å²) in [7, 11) is 0. The molecule has 1 rings (SSSR count). The van der Waals surface area contributed by atoms with Crippen molar-refractivity contribution in [1.29, 1.82) is 0 Å². The van der Waals surface area contributed by atoms with Crippen molar-refractivity contribution in [2.45, 2.75) is 46.1 Å². The van der Waals surface area contributed by atoms with Crippen LogP contribution in [0.1, 0.15) is 37.5 Å². The van der Waals surface area contributed by atoms with E-state index in [0.29, 0.717) is 6.54 Å². The van der Waals surface area contributed by atoms with Gasteiger partial charge in [-0.05, 0) is 37.5 Å². The van der Waals surface area contributed by atoms with Gasteiger partial charge in [-0.2, -0.15) is 0 Å². The predicted molar refractivity (Wildman–Crippen MR) is 73.6 cm³/mol. The average molecular weight is 249 g/mol. The number of amides is 1.